The van der Waals surface area contributed by atoms with Gasteiger partial charge >= 0.3 is 0 Å². The van der Waals surface area contributed by atoms with Crippen LogP contribution in [0.15, 0.2) is 30.7 Å². The fraction of sp³-hybridized carbons (Fsp3) is 0.375. The molecule has 1 amide bonds. The first-order chi connectivity index (χ1) is 11.5. The molecule has 1 aliphatic rings. The highest BCUT2D eigenvalue weighted by Crippen LogP contribution is 2.20. The maximum absolute atomic E-state index is 12.3. The second-order valence-electron chi connectivity index (χ2n) is 5.67. The number of carbonyl (C=O) groups excluding carboxylic acids is 2. The number of piperidine rings is 1. The van der Waals surface area contributed by atoms with E-state index < -0.39 is 6.10 Å². The van der Waals surface area contributed by atoms with Crippen LogP contribution in [0.5, 0.6) is 0 Å². The summed E-state index contributed by atoms with van der Waals surface area (Å²) < 4.78 is 0. The summed E-state index contributed by atoms with van der Waals surface area (Å²) in [6.07, 6.45) is 4.77. The van der Waals surface area contributed by atoms with Crippen molar-refractivity contribution in [2.75, 3.05) is 18.0 Å². The van der Waals surface area contributed by atoms with Gasteiger partial charge in [0.2, 0.25) is 0 Å². The molecule has 2 atom stereocenters. The first-order valence-corrected chi connectivity index (χ1v) is 8.47. The van der Waals surface area contributed by atoms with Crippen LogP contribution in [0.2, 0.25) is 0 Å². The largest absolute Gasteiger partial charge is 0.389 e. The number of ketones is 1. The van der Waals surface area contributed by atoms with E-state index in [1.165, 1.54) is 6.92 Å². The van der Waals surface area contributed by atoms with Crippen LogP contribution >= 0.6 is 11.3 Å². The minimum atomic E-state index is -0.697. The molecule has 8 heteroatoms. The van der Waals surface area contributed by atoms with Gasteiger partial charge in [0, 0.05) is 25.5 Å². The SMILES string of the molecule is CC(=O)c1ccc(C(=O)N[C@@H]2CCN(c3cnccn3)C[C@H]2O)s1. The number of aromatic nitrogens is 2. The predicted octanol–water partition coefficient (Wildman–Crippen LogP) is 1.11. The number of amides is 1. The third-order valence-corrected chi connectivity index (χ3v) is 5.13. The van der Waals surface area contributed by atoms with Crippen molar-refractivity contribution in [3.63, 3.8) is 0 Å². The molecule has 2 aromatic heterocycles. The number of carbonyl (C=O) groups is 2. The van der Waals surface area contributed by atoms with Crippen molar-refractivity contribution in [1.82, 2.24) is 15.3 Å². The standard InChI is InChI=1S/C16H18N4O3S/c1-10(21)13-2-3-14(24-13)16(23)19-11-4-7-20(9-12(11)22)15-8-17-5-6-18-15/h2-3,5-6,8,11-12,22H,4,7,9H2,1H3,(H,19,23)/t11-,12-/m1/s1. The van der Waals surface area contributed by atoms with Crippen LogP contribution in [-0.2, 0) is 0 Å². The topological polar surface area (TPSA) is 95.4 Å². The highest BCUT2D eigenvalue weighted by molar-refractivity contribution is 7.15. The Morgan fingerprint density at radius 2 is 2.12 bits per heavy atom. The summed E-state index contributed by atoms with van der Waals surface area (Å²) >= 11 is 1.16. The van der Waals surface area contributed by atoms with E-state index in [1.54, 1.807) is 30.7 Å². The minimum Gasteiger partial charge on any atom is -0.389 e. The highest BCUT2D eigenvalue weighted by Gasteiger charge is 2.30. The highest BCUT2D eigenvalue weighted by atomic mass is 32.1. The van der Waals surface area contributed by atoms with Crippen LogP contribution < -0.4 is 10.2 Å². The van der Waals surface area contributed by atoms with Gasteiger partial charge in [0.05, 0.1) is 28.1 Å². The first kappa shape index (κ1) is 16.5. The molecule has 3 heterocycles. The fourth-order valence-electron chi connectivity index (χ4n) is 2.65. The number of nitrogens with zero attached hydrogens (tertiary/aromatic N) is 3. The summed E-state index contributed by atoms with van der Waals surface area (Å²) in [5.74, 6) is 0.395. The van der Waals surface area contributed by atoms with E-state index >= 15 is 0 Å². The Hall–Kier alpha value is -2.32. The quantitative estimate of drug-likeness (QED) is 0.805. The van der Waals surface area contributed by atoms with Gasteiger partial charge in [-0.3, -0.25) is 14.6 Å². The molecule has 0 aliphatic carbocycles. The van der Waals surface area contributed by atoms with E-state index in [2.05, 4.69) is 15.3 Å². The van der Waals surface area contributed by atoms with Crippen LogP contribution in [0.4, 0.5) is 5.82 Å². The zero-order valence-electron chi connectivity index (χ0n) is 13.2. The molecule has 0 bridgehead atoms. The van der Waals surface area contributed by atoms with E-state index in [1.807, 2.05) is 4.90 Å². The summed E-state index contributed by atoms with van der Waals surface area (Å²) in [4.78, 5) is 34.8. The van der Waals surface area contributed by atoms with E-state index in [-0.39, 0.29) is 17.7 Å². The third-order valence-electron chi connectivity index (χ3n) is 3.95. The molecular weight excluding hydrogens is 328 g/mol. The van der Waals surface area contributed by atoms with Crippen molar-refractivity contribution in [2.24, 2.45) is 0 Å². The predicted molar refractivity (Wildman–Crippen MR) is 90.4 cm³/mol. The lowest BCUT2D eigenvalue weighted by atomic mass is 10.0. The number of Topliss-reactive ketones (excluding diaryl/α,β-unsaturated/α-hetero) is 1. The van der Waals surface area contributed by atoms with Crippen LogP contribution in [0.25, 0.3) is 0 Å². The molecule has 1 fully saturated rings. The number of nitrogens with one attached hydrogen (secondary N) is 1. The van der Waals surface area contributed by atoms with Gasteiger partial charge in [0.25, 0.3) is 5.91 Å². The molecular formula is C16H18N4O3S. The van der Waals surface area contributed by atoms with Gasteiger partial charge in [-0.15, -0.1) is 11.3 Å². The molecule has 0 radical (unpaired) electrons. The lowest BCUT2D eigenvalue weighted by Gasteiger charge is -2.36. The minimum absolute atomic E-state index is 0.0589. The molecule has 1 saturated heterocycles. The van der Waals surface area contributed by atoms with Gasteiger partial charge in [-0.2, -0.15) is 0 Å². The van der Waals surface area contributed by atoms with Gasteiger partial charge in [-0.25, -0.2) is 4.98 Å². The fourth-order valence-corrected chi connectivity index (χ4v) is 3.46. The molecule has 0 spiro atoms. The number of anilines is 1. The Labute approximate surface area is 143 Å². The number of hydrogen-bond donors (Lipinski definition) is 2. The Kier molecular flexibility index (Phi) is 4.86. The van der Waals surface area contributed by atoms with Crippen molar-refractivity contribution < 1.29 is 14.7 Å². The van der Waals surface area contributed by atoms with Crippen molar-refractivity contribution in [3.05, 3.63) is 40.5 Å². The molecule has 7 nitrogen and oxygen atoms in total. The van der Waals surface area contributed by atoms with Crippen molar-refractivity contribution >= 4 is 28.8 Å². The molecule has 2 aromatic rings. The Morgan fingerprint density at radius 1 is 1.33 bits per heavy atom. The number of thiophene rings is 1. The van der Waals surface area contributed by atoms with E-state index in [0.717, 1.165) is 11.3 Å². The summed E-state index contributed by atoms with van der Waals surface area (Å²) in [6, 6.07) is 2.96. The summed E-state index contributed by atoms with van der Waals surface area (Å²) in [6.45, 7) is 2.52. The summed E-state index contributed by atoms with van der Waals surface area (Å²) in [7, 11) is 0. The van der Waals surface area contributed by atoms with Gasteiger partial charge in [0.15, 0.2) is 5.78 Å². The number of β-amino-alcohol motifs (C(OH)–C–C–N with tert-alkyl or cyclic N) is 1. The summed E-state index contributed by atoms with van der Waals surface area (Å²) in [5.41, 5.74) is 0. The van der Waals surface area contributed by atoms with Crippen LogP contribution in [0.3, 0.4) is 0 Å². The normalized spacial score (nSPS) is 20.7. The number of hydrogen-bond acceptors (Lipinski definition) is 7. The van der Waals surface area contributed by atoms with E-state index in [9.17, 15) is 14.7 Å². The monoisotopic (exact) mass is 346 g/mol. The molecule has 126 valence electrons. The third kappa shape index (κ3) is 3.60. The second kappa shape index (κ2) is 7.06. The number of rotatable bonds is 4. The molecule has 3 rings (SSSR count). The lowest BCUT2D eigenvalue weighted by molar-refractivity contribution is 0.0801. The van der Waals surface area contributed by atoms with Crippen molar-refractivity contribution in [3.8, 4) is 0 Å². The number of aliphatic hydroxyl groups excluding tert-OH is 1. The average Bonchev–Trinajstić information content (AvgIpc) is 3.08. The Bertz CT molecular complexity index is 734. The molecule has 2 N–H and O–H groups in total. The second-order valence-corrected chi connectivity index (χ2v) is 6.75. The smallest absolute Gasteiger partial charge is 0.261 e. The van der Waals surface area contributed by atoms with Gasteiger partial charge in [0.1, 0.15) is 5.82 Å². The molecule has 1 aliphatic heterocycles. The lowest BCUT2D eigenvalue weighted by Crippen LogP contribution is -2.54. The van der Waals surface area contributed by atoms with Gasteiger partial charge in [-0.05, 0) is 25.5 Å². The Balaban J connectivity index is 1.60. The zero-order chi connectivity index (χ0) is 17.1. The van der Waals surface area contributed by atoms with Gasteiger partial charge < -0.3 is 15.3 Å². The average molecular weight is 346 g/mol. The van der Waals surface area contributed by atoms with Crippen LogP contribution in [0, 0.1) is 0 Å². The number of aliphatic hydroxyl groups is 1. The Morgan fingerprint density at radius 3 is 2.75 bits per heavy atom. The van der Waals surface area contributed by atoms with Crippen molar-refractivity contribution in [1.29, 1.82) is 0 Å². The van der Waals surface area contributed by atoms with Crippen LogP contribution in [0.1, 0.15) is 32.7 Å². The molecule has 0 unspecified atom stereocenters. The molecule has 0 aromatic carbocycles. The van der Waals surface area contributed by atoms with E-state index in [4.69, 9.17) is 0 Å². The van der Waals surface area contributed by atoms with Crippen LogP contribution in [-0.4, -0.2) is 52.0 Å². The van der Waals surface area contributed by atoms with E-state index in [0.29, 0.717) is 35.1 Å². The first-order valence-electron chi connectivity index (χ1n) is 7.65. The molecule has 0 saturated carbocycles. The van der Waals surface area contributed by atoms with Gasteiger partial charge in [-0.1, -0.05) is 0 Å². The molecule has 24 heavy (non-hydrogen) atoms. The zero-order valence-corrected chi connectivity index (χ0v) is 14.0. The van der Waals surface area contributed by atoms with Crippen molar-refractivity contribution in [2.45, 2.75) is 25.5 Å². The maximum atomic E-state index is 12.3. The summed E-state index contributed by atoms with van der Waals surface area (Å²) in [5, 5.41) is 13.2. The maximum Gasteiger partial charge on any atom is 0.261 e.